The van der Waals surface area contributed by atoms with Crippen molar-refractivity contribution in [1.82, 2.24) is 30.4 Å². The van der Waals surface area contributed by atoms with Gasteiger partial charge in [0.05, 0.1) is 31.1 Å². The maximum Gasteiger partial charge on any atom is 0.407 e. The van der Waals surface area contributed by atoms with Gasteiger partial charge in [0.15, 0.2) is 0 Å². The first kappa shape index (κ1) is 42.7. The predicted molar refractivity (Wildman–Crippen MR) is 246 cm³/mol. The third-order valence-electron chi connectivity index (χ3n) is 13.1. The highest BCUT2D eigenvalue weighted by Gasteiger charge is 2.40. The number of aliphatic imine (C=N–C) groups is 1. The van der Waals surface area contributed by atoms with Crippen molar-refractivity contribution in [2.45, 2.75) is 89.1 Å². The van der Waals surface area contributed by atoms with Gasteiger partial charge >= 0.3 is 6.09 Å². The number of amides is 4. The molecule has 0 saturated carbocycles. The zero-order chi connectivity index (χ0) is 44.3. The number of fused-ring (bicyclic) bond motifs is 1. The van der Waals surface area contributed by atoms with Crippen molar-refractivity contribution < 1.29 is 28.7 Å². The van der Waals surface area contributed by atoms with E-state index >= 15 is 0 Å². The lowest BCUT2D eigenvalue weighted by atomic mass is 9.95. The second-order valence-electron chi connectivity index (χ2n) is 17.6. The van der Waals surface area contributed by atoms with E-state index in [0.29, 0.717) is 32.5 Å². The summed E-state index contributed by atoms with van der Waals surface area (Å²) in [5.41, 5.74) is 8.03. The summed E-state index contributed by atoms with van der Waals surface area (Å²) in [6.45, 7) is 5.59. The van der Waals surface area contributed by atoms with Crippen molar-refractivity contribution in [1.29, 1.82) is 0 Å². The molecular formula is C51H55N7O6. The summed E-state index contributed by atoms with van der Waals surface area (Å²) in [4.78, 5) is 69.9. The molecule has 0 aliphatic carbocycles. The Balaban J connectivity index is 0.840. The van der Waals surface area contributed by atoms with E-state index in [1.807, 2.05) is 66.4 Å². The summed E-state index contributed by atoms with van der Waals surface area (Å²) < 4.78 is 10.4. The van der Waals surface area contributed by atoms with Crippen molar-refractivity contribution in [3.8, 4) is 22.4 Å². The average molecular weight is 862 g/mol. The molecule has 1 aromatic heterocycles. The summed E-state index contributed by atoms with van der Waals surface area (Å²) >= 11 is 0. The minimum Gasteiger partial charge on any atom is -0.453 e. The van der Waals surface area contributed by atoms with Gasteiger partial charge in [0.2, 0.25) is 17.7 Å². The summed E-state index contributed by atoms with van der Waals surface area (Å²) in [7, 11) is 1.30. The van der Waals surface area contributed by atoms with Crippen LogP contribution in [-0.4, -0.2) is 94.3 Å². The van der Waals surface area contributed by atoms with Gasteiger partial charge in [-0.25, -0.2) is 9.78 Å². The van der Waals surface area contributed by atoms with E-state index in [0.717, 1.165) is 93.5 Å². The van der Waals surface area contributed by atoms with Crippen molar-refractivity contribution in [2.75, 3.05) is 26.8 Å². The molecule has 64 heavy (non-hydrogen) atoms. The van der Waals surface area contributed by atoms with Crippen molar-refractivity contribution in [3.05, 3.63) is 120 Å². The summed E-state index contributed by atoms with van der Waals surface area (Å²) in [6, 6.07) is 29.1. The van der Waals surface area contributed by atoms with Gasteiger partial charge in [-0.3, -0.25) is 19.4 Å². The zero-order valence-electron chi connectivity index (χ0n) is 36.6. The van der Waals surface area contributed by atoms with E-state index in [2.05, 4.69) is 76.3 Å². The van der Waals surface area contributed by atoms with Crippen LogP contribution in [0.1, 0.15) is 87.8 Å². The van der Waals surface area contributed by atoms with Crippen LogP contribution >= 0.6 is 0 Å². The van der Waals surface area contributed by atoms with Gasteiger partial charge in [0, 0.05) is 43.6 Å². The molecule has 3 saturated heterocycles. The highest BCUT2D eigenvalue weighted by molar-refractivity contribution is 6.04. The molecule has 9 rings (SSSR count). The van der Waals surface area contributed by atoms with E-state index in [1.54, 1.807) is 0 Å². The second-order valence-corrected chi connectivity index (χ2v) is 17.6. The Bertz CT molecular complexity index is 2600. The molecule has 0 unspecified atom stereocenters. The number of rotatable bonds is 12. The fraction of sp³-hybridized carbons (Fsp3) is 0.373. The number of ether oxygens (including phenoxy) is 2. The Morgan fingerprint density at radius 2 is 1.44 bits per heavy atom. The molecule has 5 heterocycles. The molecule has 13 nitrogen and oxygen atoms in total. The molecule has 4 amide bonds. The number of carbonyl (C=O) groups excluding carboxylic acids is 4. The van der Waals surface area contributed by atoms with Crippen LogP contribution in [0.25, 0.3) is 38.7 Å². The number of benzene rings is 4. The second kappa shape index (κ2) is 18.6. The number of carbonyl (C=O) groups is 4. The largest absolute Gasteiger partial charge is 0.453 e. The molecule has 4 aliphatic heterocycles. The maximum absolute atomic E-state index is 14.3. The lowest BCUT2D eigenvalue weighted by Crippen LogP contribution is -2.51. The molecule has 0 spiro atoms. The average Bonchev–Trinajstić information content (AvgIpc) is 4.19. The van der Waals surface area contributed by atoms with Crippen LogP contribution in [0.3, 0.4) is 0 Å². The predicted octanol–water partition coefficient (Wildman–Crippen LogP) is 8.15. The van der Waals surface area contributed by atoms with E-state index < -0.39 is 24.3 Å². The standard InChI is InChI=1S/C51H55N7O6/c1-31(2)45(56-51(62)63-3)49(60)58-24-8-13-43(58)47-53-30-41(54-47)38-22-21-36-26-35(19-20-37(36)27-38)32-15-17-33(18-16-32)39-28-40(52-29-39)42-12-7-23-57(42)50(61)46(34-10-5-4-6-11-34)55-48(59)44-14-9-25-64-44/h4-6,10-11,15-22,26-27,29-31,42-46H,7-9,12-14,23-25,28H2,1-3H3,(H,53,54)(H,55,59)(H,56,62)/t42-,43-,44+,45-,46+/m0/s1. The minimum absolute atomic E-state index is 0.105. The minimum atomic E-state index is -0.793. The fourth-order valence-corrected chi connectivity index (χ4v) is 9.64. The van der Waals surface area contributed by atoms with Gasteiger partial charge in [0.25, 0.3) is 0 Å². The van der Waals surface area contributed by atoms with E-state index in [-0.39, 0.29) is 35.7 Å². The number of aromatic amines is 1. The molecule has 13 heteroatoms. The van der Waals surface area contributed by atoms with Crippen LogP contribution in [-0.2, 0) is 23.9 Å². The summed E-state index contributed by atoms with van der Waals surface area (Å²) in [5.74, 6) is 0.139. The van der Waals surface area contributed by atoms with Crippen molar-refractivity contribution >= 4 is 45.9 Å². The molecule has 3 fully saturated rings. The number of alkyl carbamates (subject to hydrolysis) is 1. The number of hydrogen-bond donors (Lipinski definition) is 3. The number of nitrogens with zero attached hydrogens (tertiary/aromatic N) is 4. The van der Waals surface area contributed by atoms with Gasteiger partial charge in [0.1, 0.15) is 24.0 Å². The summed E-state index contributed by atoms with van der Waals surface area (Å²) in [6.07, 6.45) is 8.12. The number of imidazole rings is 1. The van der Waals surface area contributed by atoms with E-state index in [9.17, 15) is 19.2 Å². The molecule has 3 N–H and O–H groups in total. The van der Waals surface area contributed by atoms with Crippen LogP contribution in [0.5, 0.6) is 0 Å². The SMILES string of the molecule is COC(=O)N[C@H](C(=O)N1CCC[C@H]1c1ncc(-c2ccc3cc(-c4ccc(C5=CN=C([C@@H]6CCCN6C(=O)[C@H](NC(=O)[C@H]6CCCO6)c6ccccc6)C5)cc4)ccc3c2)[nH]1)C(C)C. The number of hydrogen-bond acceptors (Lipinski definition) is 8. The quantitative estimate of drug-likeness (QED) is 0.114. The van der Waals surface area contributed by atoms with Crippen molar-refractivity contribution in [2.24, 2.45) is 10.9 Å². The molecule has 330 valence electrons. The molecule has 4 aliphatic rings. The number of aromatic nitrogens is 2. The van der Waals surface area contributed by atoms with Gasteiger partial charge in [-0.1, -0.05) is 92.7 Å². The Kier molecular flexibility index (Phi) is 12.4. The lowest BCUT2D eigenvalue weighted by molar-refractivity contribution is -0.139. The number of H-pyrrole nitrogens is 1. The van der Waals surface area contributed by atoms with Crippen molar-refractivity contribution in [3.63, 3.8) is 0 Å². The van der Waals surface area contributed by atoms with Crippen LogP contribution in [0.15, 0.2) is 108 Å². The van der Waals surface area contributed by atoms with Crippen LogP contribution in [0.2, 0.25) is 0 Å². The third-order valence-corrected chi connectivity index (χ3v) is 13.1. The first-order chi connectivity index (χ1) is 31.1. The van der Waals surface area contributed by atoms with Gasteiger partial charge < -0.3 is 34.9 Å². The monoisotopic (exact) mass is 861 g/mol. The highest BCUT2D eigenvalue weighted by Crippen LogP contribution is 2.36. The van der Waals surface area contributed by atoms with Crippen LogP contribution < -0.4 is 10.6 Å². The zero-order valence-corrected chi connectivity index (χ0v) is 36.6. The van der Waals surface area contributed by atoms with E-state index in [4.69, 9.17) is 19.5 Å². The normalized spacial score (nSPS) is 20.6. The smallest absolute Gasteiger partial charge is 0.407 e. The van der Waals surface area contributed by atoms with E-state index in [1.165, 1.54) is 7.11 Å². The molecular weight excluding hydrogens is 807 g/mol. The van der Waals surface area contributed by atoms with Crippen LogP contribution in [0, 0.1) is 5.92 Å². The van der Waals surface area contributed by atoms with Gasteiger partial charge in [-0.05, 0) is 95.2 Å². The van der Waals surface area contributed by atoms with Gasteiger partial charge in [-0.2, -0.15) is 0 Å². The third kappa shape index (κ3) is 8.81. The number of allylic oxidation sites excluding steroid dienone is 1. The lowest BCUT2D eigenvalue weighted by Gasteiger charge is -2.30. The molecule has 4 aromatic carbocycles. The molecule has 0 bridgehead atoms. The first-order valence-electron chi connectivity index (χ1n) is 22.5. The fourth-order valence-electron chi connectivity index (χ4n) is 9.64. The highest BCUT2D eigenvalue weighted by atomic mass is 16.5. The Morgan fingerprint density at radius 1 is 0.766 bits per heavy atom. The number of nitrogens with one attached hydrogen (secondary N) is 3. The maximum atomic E-state index is 14.3. The number of likely N-dealkylation sites (tertiary alicyclic amines) is 2. The molecule has 5 aromatic rings. The topological polar surface area (TPSA) is 158 Å². The summed E-state index contributed by atoms with van der Waals surface area (Å²) in [5, 5.41) is 7.95. The molecule has 0 radical (unpaired) electrons. The Hall–Kier alpha value is -6.60. The Labute approximate surface area is 373 Å². The van der Waals surface area contributed by atoms with Crippen LogP contribution in [0.4, 0.5) is 4.79 Å². The Morgan fingerprint density at radius 3 is 2.14 bits per heavy atom. The van der Waals surface area contributed by atoms with Gasteiger partial charge in [-0.15, -0.1) is 0 Å². The number of methoxy groups -OCH3 is 1. The first-order valence-corrected chi connectivity index (χ1v) is 22.5. The molecule has 5 atom stereocenters.